The van der Waals surface area contributed by atoms with Crippen LogP contribution in [0.1, 0.15) is 19.4 Å². The van der Waals surface area contributed by atoms with Crippen molar-refractivity contribution in [1.82, 2.24) is 4.90 Å². The lowest BCUT2D eigenvalue weighted by Gasteiger charge is -2.36. The van der Waals surface area contributed by atoms with Gasteiger partial charge in [0.1, 0.15) is 19.8 Å². The number of hydrogen-bond donors (Lipinski definition) is 0. The number of fused-ring (bicyclic) bond motifs is 2. The van der Waals surface area contributed by atoms with Gasteiger partial charge in [-0.15, -0.1) is 0 Å². The first-order chi connectivity index (χ1) is 12.8. The van der Waals surface area contributed by atoms with Crippen molar-refractivity contribution in [2.75, 3.05) is 37.7 Å². The molecule has 2 aliphatic heterocycles. The van der Waals surface area contributed by atoms with Crippen LogP contribution in [-0.2, 0) is 24.8 Å². The topological polar surface area (TPSA) is 102 Å². The Morgan fingerprint density at radius 3 is 2.44 bits per heavy atom. The van der Waals surface area contributed by atoms with Crippen LogP contribution in [0.3, 0.4) is 0 Å². The van der Waals surface area contributed by atoms with Gasteiger partial charge in [0.05, 0.1) is 5.69 Å². The number of rotatable bonds is 5. The molecular weight excluding hydrogens is 422 g/mol. The predicted octanol–water partition coefficient (Wildman–Crippen LogP) is 1.47. The van der Waals surface area contributed by atoms with Crippen molar-refractivity contribution in [3.05, 3.63) is 39.9 Å². The van der Waals surface area contributed by atoms with E-state index in [0.717, 1.165) is 0 Å². The number of nitrogens with zero attached hydrogens (tertiary/aromatic N) is 3. The lowest BCUT2D eigenvalue weighted by Crippen LogP contribution is -2.57. The van der Waals surface area contributed by atoms with Crippen LogP contribution in [0.5, 0.6) is 0 Å². The van der Waals surface area contributed by atoms with E-state index in [4.69, 9.17) is 9.47 Å². The summed E-state index contributed by atoms with van der Waals surface area (Å²) in [4.78, 5) is 39.3. The van der Waals surface area contributed by atoms with Gasteiger partial charge in [-0.3, -0.25) is 24.6 Å². The van der Waals surface area contributed by atoms with Crippen LogP contribution in [0.15, 0.2) is 24.3 Å². The molecule has 1 fully saturated rings. The normalized spacial score (nSPS) is 26.9. The summed E-state index contributed by atoms with van der Waals surface area (Å²) >= 11 is 3.01. The van der Waals surface area contributed by atoms with Crippen LogP contribution in [0.2, 0.25) is 0 Å². The number of para-hydroxylation sites is 1. The molecule has 10 heteroatoms. The zero-order valence-electron chi connectivity index (χ0n) is 15.0. The molecule has 2 amide bonds. The maximum Gasteiger partial charge on any atom is 0.320 e. The van der Waals surface area contributed by atoms with Gasteiger partial charge < -0.3 is 14.4 Å². The molecule has 3 rings (SSSR count). The standard InChI is InChI=1S/C17H20BrN3O6/c1-3-19(4-2)14(22)9-20-13-8-6-5-7-12(13)17(15(20)23)26-10-16(18,11-27-17)21(24)25/h5-8H,3-4,9-11H2,1-2H3. The Labute approximate surface area is 164 Å². The van der Waals surface area contributed by atoms with Crippen molar-refractivity contribution in [1.29, 1.82) is 0 Å². The van der Waals surface area contributed by atoms with Gasteiger partial charge in [0.15, 0.2) is 0 Å². The zero-order chi connectivity index (χ0) is 19.8. The number of amides is 2. The highest BCUT2D eigenvalue weighted by Gasteiger charge is 2.61. The fourth-order valence-corrected chi connectivity index (χ4v) is 3.48. The number of likely N-dealkylation sites (N-methyl/N-ethyl adjacent to an activating group) is 1. The molecule has 9 nitrogen and oxygen atoms in total. The molecule has 0 bridgehead atoms. The molecule has 0 radical (unpaired) electrons. The Hall–Kier alpha value is -2.04. The highest BCUT2D eigenvalue weighted by Crippen LogP contribution is 2.47. The molecule has 0 unspecified atom stereocenters. The van der Waals surface area contributed by atoms with Gasteiger partial charge >= 0.3 is 4.45 Å². The Balaban J connectivity index is 1.92. The zero-order valence-corrected chi connectivity index (χ0v) is 16.6. The Bertz CT molecular complexity index is 774. The minimum atomic E-state index is -1.77. The van der Waals surface area contributed by atoms with Gasteiger partial charge in [-0.25, -0.2) is 0 Å². The third kappa shape index (κ3) is 3.11. The van der Waals surface area contributed by atoms with Gasteiger partial charge in [0.25, 0.3) is 11.7 Å². The number of benzene rings is 1. The van der Waals surface area contributed by atoms with E-state index in [1.165, 1.54) is 4.90 Å². The summed E-state index contributed by atoms with van der Waals surface area (Å²) < 4.78 is 9.67. The minimum absolute atomic E-state index is 0.152. The lowest BCUT2D eigenvalue weighted by atomic mass is 10.1. The molecule has 146 valence electrons. The highest BCUT2D eigenvalue weighted by molar-refractivity contribution is 9.10. The van der Waals surface area contributed by atoms with Crippen LogP contribution >= 0.6 is 15.9 Å². The Morgan fingerprint density at radius 2 is 1.89 bits per heavy atom. The summed E-state index contributed by atoms with van der Waals surface area (Å²) in [7, 11) is 0. The molecule has 1 aromatic carbocycles. The minimum Gasteiger partial charge on any atom is -0.342 e. The van der Waals surface area contributed by atoms with E-state index in [-0.39, 0.29) is 25.7 Å². The number of anilines is 1. The predicted molar refractivity (Wildman–Crippen MR) is 99.0 cm³/mol. The number of carbonyl (C=O) groups is 2. The third-order valence-corrected chi connectivity index (χ3v) is 5.55. The maximum absolute atomic E-state index is 13.2. The van der Waals surface area contributed by atoms with Crippen LogP contribution in [-0.4, -0.2) is 58.9 Å². The van der Waals surface area contributed by atoms with Crippen molar-refractivity contribution < 1.29 is 24.0 Å². The monoisotopic (exact) mass is 441 g/mol. The van der Waals surface area contributed by atoms with Crippen molar-refractivity contribution in [2.45, 2.75) is 24.1 Å². The van der Waals surface area contributed by atoms with E-state index < -0.39 is 21.1 Å². The van der Waals surface area contributed by atoms with Gasteiger partial charge in [-0.05, 0) is 19.9 Å². The van der Waals surface area contributed by atoms with Crippen LogP contribution in [0.25, 0.3) is 0 Å². The summed E-state index contributed by atoms with van der Waals surface area (Å²) in [6, 6.07) is 6.84. The lowest BCUT2D eigenvalue weighted by molar-refractivity contribution is -0.560. The number of alkyl halides is 1. The molecule has 2 aliphatic rings. The van der Waals surface area contributed by atoms with Crippen molar-refractivity contribution >= 4 is 33.4 Å². The van der Waals surface area contributed by atoms with E-state index in [2.05, 4.69) is 15.9 Å². The molecule has 2 heterocycles. The molecule has 1 aromatic rings. The molecular formula is C17H20BrN3O6. The van der Waals surface area contributed by atoms with Crippen molar-refractivity contribution in [3.63, 3.8) is 0 Å². The summed E-state index contributed by atoms with van der Waals surface area (Å²) in [5, 5.41) is 11.2. The third-order valence-electron chi connectivity index (χ3n) is 4.81. The summed E-state index contributed by atoms with van der Waals surface area (Å²) in [5.41, 5.74) is 0.950. The first-order valence-corrected chi connectivity index (χ1v) is 9.39. The van der Waals surface area contributed by atoms with E-state index in [0.29, 0.717) is 24.3 Å². The summed E-state index contributed by atoms with van der Waals surface area (Å²) in [5.74, 6) is -2.52. The molecule has 0 aromatic heterocycles. The number of nitro groups is 1. The number of carbonyl (C=O) groups excluding carboxylic acids is 2. The van der Waals surface area contributed by atoms with Crippen LogP contribution in [0, 0.1) is 10.1 Å². The van der Waals surface area contributed by atoms with Crippen LogP contribution < -0.4 is 4.90 Å². The van der Waals surface area contributed by atoms with E-state index in [1.807, 2.05) is 13.8 Å². The number of hydrogen-bond acceptors (Lipinski definition) is 6. The van der Waals surface area contributed by atoms with Gasteiger partial charge in [-0.1, -0.05) is 18.2 Å². The highest BCUT2D eigenvalue weighted by atomic mass is 79.9. The first-order valence-electron chi connectivity index (χ1n) is 8.59. The Morgan fingerprint density at radius 1 is 1.30 bits per heavy atom. The van der Waals surface area contributed by atoms with E-state index >= 15 is 0 Å². The average molecular weight is 442 g/mol. The van der Waals surface area contributed by atoms with E-state index in [9.17, 15) is 19.7 Å². The summed E-state index contributed by atoms with van der Waals surface area (Å²) in [6.07, 6.45) is 0. The van der Waals surface area contributed by atoms with E-state index in [1.54, 1.807) is 29.2 Å². The average Bonchev–Trinajstić information content (AvgIpc) is 2.88. The Kier molecular flexibility index (Phi) is 5.24. The molecule has 0 saturated carbocycles. The summed E-state index contributed by atoms with van der Waals surface area (Å²) in [6.45, 7) is 3.95. The second kappa shape index (κ2) is 7.17. The molecule has 1 spiro atoms. The van der Waals surface area contributed by atoms with Crippen molar-refractivity contribution in [3.8, 4) is 0 Å². The maximum atomic E-state index is 13.2. The quantitative estimate of drug-likeness (QED) is 0.296. The molecule has 0 aliphatic carbocycles. The fraction of sp³-hybridized carbons (Fsp3) is 0.529. The molecule has 27 heavy (non-hydrogen) atoms. The number of halogens is 1. The number of ether oxygens (including phenoxy) is 2. The SMILES string of the molecule is CCN(CC)C(=O)CN1C(=O)C2(OCC(Br)([N+](=O)[O-])CO2)c2ccccc21. The van der Waals surface area contributed by atoms with Crippen molar-refractivity contribution in [2.24, 2.45) is 0 Å². The molecule has 1 saturated heterocycles. The largest absolute Gasteiger partial charge is 0.342 e. The van der Waals surface area contributed by atoms with Gasteiger partial charge in [-0.2, -0.15) is 0 Å². The van der Waals surface area contributed by atoms with Gasteiger partial charge in [0.2, 0.25) is 5.91 Å². The molecule has 0 N–H and O–H groups in total. The first kappa shape index (κ1) is 19.7. The van der Waals surface area contributed by atoms with Crippen LogP contribution in [0.4, 0.5) is 5.69 Å². The molecule has 0 atom stereocenters. The second-order valence-electron chi connectivity index (χ2n) is 6.34. The van der Waals surface area contributed by atoms with Gasteiger partial charge in [0, 0.05) is 39.5 Å². The smallest absolute Gasteiger partial charge is 0.320 e. The second-order valence-corrected chi connectivity index (χ2v) is 7.82. The fourth-order valence-electron chi connectivity index (χ4n) is 3.25.